The molecule has 0 aliphatic carbocycles. The number of nitrogens with one attached hydrogen (secondary N) is 1. The molecule has 1 aliphatic rings. The highest BCUT2D eigenvalue weighted by atomic mass is 16.4. The van der Waals surface area contributed by atoms with Crippen LogP contribution in [0.3, 0.4) is 0 Å². The highest BCUT2D eigenvalue weighted by Crippen LogP contribution is 2.18. The van der Waals surface area contributed by atoms with Crippen molar-refractivity contribution in [2.24, 2.45) is 11.7 Å². The SMILES string of the molecule is C.NC(CCCCB(O)O)C(O)C1CCCNC1.O=C=O. The molecule has 3 atom stereocenters. The highest BCUT2D eigenvalue weighted by Gasteiger charge is 2.26. The Morgan fingerprint density at radius 1 is 1.33 bits per heavy atom. The third-order valence-corrected chi connectivity index (χ3v) is 3.51. The number of carbonyl (C=O) groups excluding carboxylic acids is 2. The largest absolute Gasteiger partial charge is 0.451 e. The van der Waals surface area contributed by atoms with Crippen LogP contribution in [0.5, 0.6) is 0 Å². The first-order chi connectivity index (χ1) is 9.52. The molecule has 0 spiro atoms. The fraction of sp³-hybridized carbons (Fsp3) is 0.923. The Morgan fingerprint density at radius 3 is 2.43 bits per heavy atom. The van der Waals surface area contributed by atoms with Gasteiger partial charge >= 0.3 is 13.3 Å². The van der Waals surface area contributed by atoms with E-state index in [9.17, 15) is 5.11 Å². The van der Waals surface area contributed by atoms with Gasteiger partial charge in [0.15, 0.2) is 0 Å². The van der Waals surface area contributed by atoms with Crippen molar-refractivity contribution in [3.63, 3.8) is 0 Å². The predicted molar refractivity (Wildman–Crippen MR) is 80.2 cm³/mol. The Kier molecular flexibility index (Phi) is 15.2. The van der Waals surface area contributed by atoms with Crippen molar-refractivity contribution in [3.05, 3.63) is 0 Å². The number of nitrogens with two attached hydrogens (primary N) is 1. The van der Waals surface area contributed by atoms with Crippen LogP contribution in [0.1, 0.15) is 39.5 Å². The number of aliphatic hydroxyl groups is 1. The molecule has 0 aromatic rings. The molecule has 0 radical (unpaired) electrons. The van der Waals surface area contributed by atoms with Crippen molar-refractivity contribution in [2.45, 2.75) is 58.0 Å². The molecule has 1 rings (SSSR count). The van der Waals surface area contributed by atoms with Gasteiger partial charge in [0.2, 0.25) is 0 Å². The monoisotopic (exact) mass is 304 g/mol. The first-order valence-corrected chi connectivity index (χ1v) is 7.02. The Morgan fingerprint density at radius 2 is 1.95 bits per heavy atom. The average Bonchev–Trinajstić information content (AvgIpc) is 2.44. The molecular weight excluding hydrogens is 275 g/mol. The zero-order chi connectivity index (χ0) is 15.4. The summed E-state index contributed by atoms with van der Waals surface area (Å²) in [6.45, 7) is 1.89. The molecule has 1 saturated heterocycles. The van der Waals surface area contributed by atoms with Gasteiger partial charge in [0, 0.05) is 12.6 Å². The van der Waals surface area contributed by atoms with Gasteiger partial charge in [0.1, 0.15) is 0 Å². The van der Waals surface area contributed by atoms with Crippen LogP contribution in [0.2, 0.25) is 6.32 Å². The normalized spacial score (nSPS) is 20.1. The molecule has 124 valence electrons. The zero-order valence-corrected chi connectivity index (χ0v) is 11.7. The number of hydrogen-bond acceptors (Lipinski definition) is 7. The Labute approximate surface area is 127 Å². The Balaban J connectivity index is 0. The van der Waals surface area contributed by atoms with Gasteiger partial charge in [0.05, 0.1) is 6.10 Å². The molecule has 0 saturated carbocycles. The molecule has 21 heavy (non-hydrogen) atoms. The second-order valence-electron chi connectivity index (χ2n) is 5.11. The molecule has 7 nitrogen and oxygen atoms in total. The number of unbranched alkanes of at least 4 members (excludes halogenated alkanes) is 1. The smallest absolute Gasteiger partial charge is 0.427 e. The molecule has 0 aromatic heterocycles. The highest BCUT2D eigenvalue weighted by molar-refractivity contribution is 6.40. The van der Waals surface area contributed by atoms with E-state index in [0.29, 0.717) is 6.32 Å². The summed E-state index contributed by atoms with van der Waals surface area (Å²) in [5.74, 6) is 0.266. The lowest BCUT2D eigenvalue weighted by molar-refractivity contribution is -0.191. The molecule has 1 fully saturated rings. The summed E-state index contributed by atoms with van der Waals surface area (Å²) in [7, 11) is -1.22. The third-order valence-electron chi connectivity index (χ3n) is 3.51. The minimum absolute atomic E-state index is 0. The van der Waals surface area contributed by atoms with Crippen molar-refractivity contribution in [3.8, 4) is 0 Å². The van der Waals surface area contributed by atoms with Crippen LogP contribution in [0.4, 0.5) is 0 Å². The second-order valence-corrected chi connectivity index (χ2v) is 5.11. The summed E-state index contributed by atoms with van der Waals surface area (Å²) in [5.41, 5.74) is 5.96. The van der Waals surface area contributed by atoms with Crippen LogP contribution >= 0.6 is 0 Å². The standard InChI is InChI=1S/C11H25BN2O3.CO2.CH4/c13-10(5-1-2-6-12(16)17)11(15)9-4-3-7-14-8-9;2-1-3;/h9-11,14-17H,1-8,13H2;;1H4. The minimum atomic E-state index is -1.22. The number of hydrogen-bond donors (Lipinski definition) is 5. The van der Waals surface area contributed by atoms with Crippen LogP contribution in [0.15, 0.2) is 0 Å². The van der Waals surface area contributed by atoms with E-state index < -0.39 is 13.2 Å². The van der Waals surface area contributed by atoms with Gasteiger partial charge in [-0.15, -0.1) is 0 Å². The second kappa shape index (κ2) is 14.2. The summed E-state index contributed by atoms with van der Waals surface area (Å²) in [6.07, 6.45) is 4.64. The summed E-state index contributed by atoms with van der Waals surface area (Å²) < 4.78 is 0. The minimum Gasteiger partial charge on any atom is -0.427 e. The van der Waals surface area contributed by atoms with Crippen LogP contribution in [0, 0.1) is 5.92 Å². The molecule has 0 bridgehead atoms. The lowest BCUT2D eigenvalue weighted by atomic mass is 9.82. The van der Waals surface area contributed by atoms with Crippen molar-refractivity contribution in [2.75, 3.05) is 13.1 Å². The quantitative estimate of drug-likeness (QED) is 0.312. The van der Waals surface area contributed by atoms with Gasteiger partial charge in [-0.1, -0.05) is 20.3 Å². The Bertz CT molecular complexity index is 269. The molecule has 0 amide bonds. The Hall–Kier alpha value is -0.755. The topological polar surface area (TPSA) is 133 Å². The molecule has 6 N–H and O–H groups in total. The van der Waals surface area contributed by atoms with E-state index in [0.717, 1.165) is 45.2 Å². The van der Waals surface area contributed by atoms with E-state index in [4.69, 9.17) is 25.4 Å². The fourth-order valence-corrected chi connectivity index (χ4v) is 2.40. The first-order valence-electron chi connectivity index (χ1n) is 7.02. The number of rotatable bonds is 7. The van der Waals surface area contributed by atoms with E-state index in [1.54, 1.807) is 0 Å². The van der Waals surface area contributed by atoms with Crippen LogP contribution in [-0.2, 0) is 9.59 Å². The molecule has 3 unspecified atom stereocenters. The van der Waals surface area contributed by atoms with Gasteiger partial charge < -0.3 is 26.2 Å². The maximum Gasteiger partial charge on any atom is 0.451 e. The van der Waals surface area contributed by atoms with E-state index in [2.05, 4.69) is 5.32 Å². The maximum absolute atomic E-state index is 10.1. The molecule has 8 heteroatoms. The van der Waals surface area contributed by atoms with Crippen molar-refractivity contribution in [1.82, 2.24) is 5.32 Å². The molecule has 1 heterocycles. The van der Waals surface area contributed by atoms with Crippen LogP contribution in [-0.4, -0.2) is 53.7 Å². The first kappa shape index (κ1) is 22.5. The van der Waals surface area contributed by atoms with Gasteiger partial charge in [-0.2, -0.15) is 9.59 Å². The zero-order valence-electron chi connectivity index (χ0n) is 11.7. The van der Waals surface area contributed by atoms with E-state index >= 15 is 0 Å². The van der Waals surface area contributed by atoms with E-state index in [1.165, 1.54) is 0 Å². The van der Waals surface area contributed by atoms with Gasteiger partial charge in [0.25, 0.3) is 0 Å². The average molecular weight is 304 g/mol. The lowest BCUT2D eigenvalue weighted by Crippen LogP contribution is -2.45. The van der Waals surface area contributed by atoms with Gasteiger partial charge in [-0.25, -0.2) is 0 Å². The van der Waals surface area contributed by atoms with Crippen molar-refractivity contribution < 1.29 is 24.7 Å². The van der Waals surface area contributed by atoms with Crippen LogP contribution in [0.25, 0.3) is 0 Å². The number of aliphatic hydroxyl groups excluding tert-OH is 1. The van der Waals surface area contributed by atoms with Crippen molar-refractivity contribution >= 4 is 13.3 Å². The lowest BCUT2D eigenvalue weighted by Gasteiger charge is -2.30. The summed E-state index contributed by atoms with van der Waals surface area (Å²) >= 11 is 0. The van der Waals surface area contributed by atoms with Gasteiger partial charge in [-0.05, 0) is 38.0 Å². The van der Waals surface area contributed by atoms with E-state index in [-0.39, 0.29) is 25.5 Å². The summed E-state index contributed by atoms with van der Waals surface area (Å²) in [6, 6.07) is -0.198. The summed E-state index contributed by atoms with van der Waals surface area (Å²) in [4.78, 5) is 16.2. The van der Waals surface area contributed by atoms with Crippen molar-refractivity contribution in [1.29, 1.82) is 0 Å². The number of piperidine rings is 1. The third kappa shape index (κ3) is 11.6. The molecule has 0 aromatic carbocycles. The van der Waals surface area contributed by atoms with Gasteiger partial charge in [-0.3, -0.25) is 0 Å². The summed E-state index contributed by atoms with van der Waals surface area (Å²) in [5, 5.41) is 30.8. The van der Waals surface area contributed by atoms with E-state index in [1.807, 2.05) is 0 Å². The predicted octanol–water partition coefficient (Wildman–Crippen LogP) is -0.630. The molecule has 1 aliphatic heterocycles. The van der Waals surface area contributed by atoms with Crippen LogP contribution < -0.4 is 11.1 Å². The molecular formula is C13H29BN2O5. The maximum atomic E-state index is 10.1. The fourth-order valence-electron chi connectivity index (χ4n) is 2.40.